The number of hydrogen-bond acceptors (Lipinski definition) is 4. The Kier molecular flexibility index (Phi) is 5.43. The van der Waals surface area contributed by atoms with E-state index in [9.17, 15) is 14.4 Å². The summed E-state index contributed by atoms with van der Waals surface area (Å²) in [7, 11) is 0. The van der Waals surface area contributed by atoms with Crippen molar-refractivity contribution in [2.75, 3.05) is 23.7 Å². The molecule has 2 aliphatic rings. The van der Waals surface area contributed by atoms with E-state index in [0.29, 0.717) is 37.3 Å². The average molecular weight is 398 g/mol. The normalized spacial score (nSPS) is 17.2. The lowest BCUT2D eigenvalue weighted by Crippen LogP contribution is -2.41. The number of rotatable bonds is 5. The lowest BCUT2D eigenvalue weighted by atomic mass is 9.95. The molecule has 6 nitrogen and oxygen atoms in total. The number of thiophene rings is 1. The molecule has 1 saturated carbocycles. The maximum atomic E-state index is 12.6. The summed E-state index contributed by atoms with van der Waals surface area (Å²) in [6.45, 7) is 1.18. The molecule has 1 aromatic heterocycles. The Morgan fingerprint density at radius 2 is 1.46 bits per heavy atom. The van der Waals surface area contributed by atoms with Crippen molar-refractivity contribution in [2.24, 2.45) is 11.8 Å². The van der Waals surface area contributed by atoms with Crippen molar-refractivity contribution in [2.45, 2.75) is 25.7 Å². The average Bonchev–Trinajstić information content (AvgIpc) is 3.42. The second kappa shape index (κ2) is 8.14. The summed E-state index contributed by atoms with van der Waals surface area (Å²) in [5.74, 6) is 0.0885. The van der Waals surface area contributed by atoms with Crippen molar-refractivity contribution in [1.82, 2.24) is 4.90 Å². The highest BCUT2D eigenvalue weighted by Crippen LogP contribution is 2.30. The van der Waals surface area contributed by atoms with Crippen LogP contribution in [0, 0.1) is 11.8 Å². The number of amides is 3. The van der Waals surface area contributed by atoms with E-state index < -0.39 is 0 Å². The molecule has 2 N–H and O–H groups in total. The number of carbonyl (C=O) groups is 3. The summed E-state index contributed by atoms with van der Waals surface area (Å²) in [5, 5.41) is 7.74. The van der Waals surface area contributed by atoms with Gasteiger partial charge in [0.1, 0.15) is 0 Å². The Labute approximate surface area is 167 Å². The fourth-order valence-electron chi connectivity index (χ4n) is 3.41. The highest BCUT2D eigenvalue weighted by molar-refractivity contribution is 7.12. The SMILES string of the molecule is O=C(Nc1cccc(NC(=O)C2CCN(C(=O)c3cccs3)CC2)c1)C1CC1. The predicted molar refractivity (Wildman–Crippen MR) is 109 cm³/mol. The molecule has 7 heteroatoms. The molecule has 3 amide bonds. The van der Waals surface area contributed by atoms with Gasteiger partial charge in [0.2, 0.25) is 11.8 Å². The van der Waals surface area contributed by atoms with E-state index in [4.69, 9.17) is 0 Å². The van der Waals surface area contributed by atoms with Gasteiger partial charge in [-0.15, -0.1) is 11.3 Å². The van der Waals surface area contributed by atoms with Gasteiger partial charge in [-0.05, 0) is 55.3 Å². The van der Waals surface area contributed by atoms with Gasteiger partial charge in [0, 0.05) is 36.3 Å². The van der Waals surface area contributed by atoms with Crippen LogP contribution in [0.3, 0.4) is 0 Å². The van der Waals surface area contributed by atoms with E-state index in [1.807, 2.05) is 40.6 Å². The standard InChI is InChI=1S/C21H23N3O3S/c25-19(14-6-7-14)22-16-3-1-4-17(13-16)23-20(26)15-8-10-24(11-9-15)21(27)18-5-2-12-28-18/h1-5,12-15H,6-11H2,(H,22,25)(H,23,26). The van der Waals surface area contributed by atoms with Gasteiger partial charge < -0.3 is 15.5 Å². The van der Waals surface area contributed by atoms with Gasteiger partial charge in [-0.2, -0.15) is 0 Å². The van der Waals surface area contributed by atoms with Crippen LogP contribution in [0.25, 0.3) is 0 Å². The predicted octanol–water partition coefficient (Wildman–Crippen LogP) is 3.59. The molecule has 1 aromatic carbocycles. The van der Waals surface area contributed by atoms with Crippen LogP contribution in [-0.2, 0) is 9.59 Å². The molecule has 0 bridgehead atoms. The Morgan fingerprint density at radius 1 is 0.857 bits per heavy atom. The first-order valence-corrected chi connectivity index (χ1v) is 10.5. The monoisotopic (exact) mass is 397 g/mol. The Bertz CT molecular complexity index is 869. The zero-order valence-corrected chi connectivity index (χ0v) is 16.3. The molecule has 0 atom stereocenters. The molecule has 4 rings (SSSR count). The Hall–Kier alpha value is -2.67. The van der Waals surface area contributed by atoms with Crippen LogP contribution < -0.4 is 10.6 Å². The molecule has 0 radical (unpaired) electrons. The van der Waals surface area contributed by atoms with E-state index in [-0.39, 0.29) is 29.6 Å². The maximum Gasteiger partial charge on any atom is 0.263 e. The molecule has 2 fully saturated rings. The number of piperidine rings is 1. The van der Waals surface area contributed by atoms with Gasteiger partial charge >= 0.3 is 0 Å². The van der Waals surface area contributed by atoms with Crippen molar-refractivity contribution < 1.29 is 14.4 Å². The van der Waals surface area contributed by atoms with Crippen molar-refractivity contribution >= 4 is 40.4 Å². The summed E-state index contributed by atoms with van der Waals surface area (Å²) < 4.78 is 0. The van der Waals surface area contributed by atoms with Gasteiger partial charge in [-0.25, -0.2) is 0 Å². The van der Waals surface area contributed by atoms with Crippen LogP contribution in [0.5, 0.6) is 0 Å². The minimum Gasteiger partial charge on any atom is -0.338 e. The molecule has 2 aromatic rings. The third kappa shape index (κ3) is 4.42. The lowest BCUT2D eigenvalue weighted by Gasteiger charge is -2.31. The number of hydrogen-bond donors (Lipinski definition) is 2. The number of carbonyl (C=O) groups excluding carboxylic acids is 3. The molecule has 28 heavy (non-hydrogen) atoms. The van der Waals surface area contributed by atoms with Crippen molar-refractivity contribution in [3.63, 3.8) is 0 Å². The molecule has 0 unspecified atom stereocenters. The van der Waals surface area contributed by atoms with E-state index in [1.165, 1.54) is 11.3 Å². The van der Waals surface area contributed by atoms with Crippen molar-refractivity contribution in [3.8, 4) is 0 Å². The molecular weight excluding hydrogens is 374 g/mol. The van der Waals surface area contributed by atoms with Crippen LogP contribution in [0.15, 0.2) is 41.8 Å². The van der Waals surface area contributed by atoms with Crippen molar-refractivity contribution in [1.29, 1.82) is 0 Å². The van der Waals surface area contributed by atoms with Crippen LogP contribution in [-0.4, -0.2) is 35.7 Å². The van der Waals surface area contributed by atoms with Crippen LogP contribution in [0.4, 0.5) is 11.4 Å². The number of benzene rings is 1. The number of nitrogens with zero attached hydrogens (tertiary/aromatic N) is 1. The smallest absolute Gasteiger partial charge is 0.263 e. The molecule has 1 aliphatic heterocycles. The van der Waals surface area contributed by atoms with Crippen LogP contribution in [0.2, 0.25) is 0 Å². The molecule has 0 spiro atoms. The maximum absolute atomic E-state index is 12.6. The summed E-state index contributed by atoms with van der Waals surface area (Å²) in [5.41, 5.74) is 1.38. The summed E-state index contributed by atoms with van der Waals surface area (Å²) in [6.07, 6.45) is 3.22. The fraction of sp³-hybridized carbons (Fsp3) is 0.381. The second-order valence-corrected chi connectivity index (χ2v) is 8.33. The van der Waals surface area contributed by atoms with E-state index in [2.05, 4.69) is 10.6 Å². The van der Waals surface area contributed by atoms with Crippen LogP contribution >= 0.6 is 11.3 Å². The second-order valence-electron chi connectivity index (χ2n) is 7.38. The molecule has 1 aliphatic carbocycles. The Balaban J connectivity index is 1.29. The van der Waals surface area contributed by atoms with E-state index in [1.54, 1.807) is 6.07 Å². The largest absolute Gasteiger partial charge is 0.338 e. The minimum atomic E-state index is -0.114. The highest BCUT2D eigenvalue weighted by Gasteiger charge is 2.30. The van der Waals surface area contributed by atoms with Gasteiger partial charge in [0.05, 0.1) is 4.88 Å². The minimum absolute atomic E-state index is 0.0334. The first-order chi connectivity index (χ1) is 13.6. The zero-order valence-electron chi connectivity index (χ0n) is 15.5. The topological polar surface area (TPSA) is 78.5 Å². The summed E-state index contributed by atoms with van der Waals surface area (Å²) in [6, 6.07) is 11.0. The van der Waals surface area contributed by atoms with Gasteiger partial charge in [-0.1, -0.05) is 12.1 Å². The number of anilines is 2. The Morgan fingerprint density at radius 3 is 2.00 bits per heavy atom. The van der Waals surface area contributed by atoms with Crippen LogP contribution in [0.1, 0.15) is 35.4 Å². The lowest BCUT2D eigenvalue weighted by molar-refractivity contribution is -0.121. The third-order valence-corrected chi connectivity index (χ3v) is 6.09. The number of nitrogens with one attached hydrogen (secondary N) is 2. The van der Waals surface area contributed by atoms with Gasteiger partial charge in [0.15, 0.2) is 0 Å². The first kappa shape index (κ1) is 18.7. The molecule has 2 heterocycles. The quantitative estimate of drug-likeness (QED) is 0.809. The summed E-state index contributed by atoms with van der Waals surface area (Å²) in [4.78, 5) is 39.5. The highest BCUT2D eigenvalue weighted by atomic mass is 32.1. The fourth-order valence-corrected chi connectivity index (χ4v) is 4.10. The molecule has 1 saturated heterocycles. The van der Waals surface area contributed by atoms with E-state index in [0.717, 1.165) is 17.7 Å². The molecule has 146 valence electrons. The zero-order chi connectivity index (χ0) is 19.5. The van der Waals surface area contributed by atoms with Gasteiger partial charge in [0.25, 0.3) is 5.91 Å². The third-order valence-electron chi connectivity index (χ3n) is 5.23. The van der Waals surface area contributed by atoms with Crippen molar-refractivity contribution in [3.05, 3.63) is 46.7 Å². The number of likely N-dealkylation sites (tertiary alicyclic amines) is 1. The summed E-state index contributed by atoms with van der Waals surface area (Å²) >= 11 is 1.44. The van der Waals surface area contributed by atoms with E-state index >= 15 is 0 Å². The van der Waals surface area contributed by atoms with Gasteiger partial charge in [-0.3, -0.25) is 14.4 Å². The molecular formula is C21H23N3O3S. The first-order valence-electron chi connectivity index (χ1n) is 9.65.